The molecule has 0 radical (unpaired) electrons. The number of carbonyl (C=O) groups excluding carboxylic acids is 1. The number of aliphatic imine (C=N–C) groups is 1. The van der Waals surface area contributed by atoms with Crippen LogP contribution >= 0.6 is 24.0 Å². The van der Waals surface area contributed by atoms with Gasteiger partial charge in [0, 0.05) is 40.3 Å². The van der Waals surface area contributed by atoms with Gasteiger partial charge in [-0.3, -0.25) is 4.99 Å². The molecule has 8 heteroatoms. The van der Waals surface area contributed by atoms with E-state index >= 15 is 0 Å². The molecule has 1 heterocycles. The molecule has 1 unspecified atom stereocenters. The van der Waals surface area contributed by atoms with Crippen molar-refractivity contribution in [3.63, 3.8) is 0 Å². The van der Waals surface area contributed by atoms with Crippen LogP contribution in [0, 0.1) is 5.92 Å². The van der Waals surface area contributed by atoms with E-state index in [1.807, 2.05) is 20.8 Å². The zero-order chi connectivity index (χ0) is 19.6. The summed E-state index contributed by atoms with van der Waals surface area (Å²) in [5, 5.41) is 6.71. The Bertz CT molecular complexity index is 448. The Labute approximate surface area is 182 Å². The van der Waals surface area contributed by atoms with Gasteiger partial charge in [0.2, 0.25) is 0 Å². The fourth-order valence-electron chi connectivity index (χ4n) is 2.95. The Morgan fingerprint density at radius 2 is 1.85 bits per heavy atom. The van der Waals surface area contributed by atoms with Crippen LogP contribution in [0.4, 0.5) is 4.79 Å². The van der Waals surface area contributed by atoms with Gasteiger partial charge in [0.25, 0.3) is 0 Å². The van der Waals surface area contributed by atoms with E-state index in [4.69, 9.17) is 4.74 Å². The molecule has 1 aliphatic rings. The molecule has 1 amide bonds. The average molecular weight is 497 g/mol. The zero-order valence-electron chi connectivity index (χ0n) is 18.0. The molecule has 0 aromatic heterocycles. The van der Waals surface area contributed by atoms with Crippen LogP contribution in [0.15, 0.2) is 4.99 Å². The van der Waals surface area contributed by atoms with Crippen molar-refractivity contribution >= 4 is 36.0 Å². The Balaban J connectivity index is 0.00000676. The third kappa shape index (κ3) is 12.3. The summed E-state index contributed by atoms with van der Waals surface area (Å²) in [6.45, 7) is 13.5. The molecule has 160 valence electrons. The third-order valence-corrected chi connectivity index (χ3v) is 4.30. The second-order valence-corrected chi connectivity index (χ2v) is 8.25. The number of ether oxygens (including phenoxy) is 1. The fraction of sp³-hybridized carbons (Fsp3) is 0.895. The number of guanidine groups is 1. The summed E-state index contributed by atoms with van der Waals surface area (Å²) in [4.78, 5) is 20.4. The van der Waals surface area contributed by atoms with E-state index in [-0.39, 0.29) is 36.0 Å². The molecule has 0 aliphatic carbocycles. The quantitative estimate of drug-likeness (QED) is 0.322. The minimum absolute atomic E-state index is 0. The minimum Gasteiger partial charge on any atom is -0.444 e. The van der Waals surface area contributed by atoms with E-state index in [9.17, 15) is 4.79 Å². The van der Waals surface area contributed by atoms with Crippen molar-refractivity contribution in [2.45, 2.75) is 52.6 Å². The molecular weight excluding hydrogens is 457 g/mol. The molecule has 1 saturated heterocycles. The topological polar surface area (TPSA) is 69.2 Å². The van der Waals surface area contributed by atoms with Crippen LogP contribution in [-0.4, -0.2) is 80.8 Å². The molecule has 0 aromatic carbocycles. The number of amides is 1. The predicted molar refractivity (Wildman–Crippen MR) is 123 cm³/mol. The number of likely N-dealkylation sites (tertiary alicyclic amines) is 1. The first-order valence-electron chi connectivity index (χ1n) is 9.82. The Morgan fingerprint density at radius 3 is 2.41 bits per heavy atom. The van der Waals surface area contributed by atoms with Gasteiger partial charge < -0.3 is 25.2 Å². The van der Waals surface area contributed by atoms with Crippen molar-refractivity contribution < 1.29 is 9.53 Å². The molecule has 1 rings (SSSR count). The van der Waals surface area contributed by atoms with Crippen LogP contribution in [0.25, 0.3) is 0 Å². The molecule has 0 spiro atoms. The molecule has 7 nitrogen and oxygen atoms in total. The van der Waals surface area contributed by atoms with E-state index in [1.54, 1.807) is 19.0 Å². The highest BCUT2D eigenvalue weighted by Gasteiger charge is 2.20. The highest BCUT2D eigenvalue weighted by Crippen LogP contribution is 2.10. The molecule has 1 atom stereocenters. The van der Waals surface area contributed by atoms with Gasteiger partial charge in [-0.2, -0.15) is 0 Å². The zero-order valence-corrected chi connectivity index (χ0v) is 20.3. The minimum atomic E-state index is -0.465. The summed E-state index contributed by atoms with van der Waals surface area (Å²) in [5.41, 5.74) is -0.465. The number of halogens is 1. The van der Waals surface area contributed by atoms with Crippen LogP contribution in [0.5, 0.6) is 0 Å². The summed E-state index contributed by atoms with van der Waals surface area (Å²) in [5.74, 6) is 1.10. The first kappa shape index (κ1) is 26.2. The molecule has 2 N–H and O–H groups in total. The van der Waals surface area contributed by atoms with E-state index in [0.29, 0.717) is 6.54 Å². The maximum absolute atomic E-state index is 12.0. The van der Waals surface area contributed by atoms with Crippen LogP contribution in [-0.2, 0) is 4.74 Å². The SMILES string of the molecule is CN=C(NCCN1CCCCC1)NCC(C)CN(C)C(=O)OC(C)(C)C.I. The van der Waals surface area contributed by atoms with Crippen LogP contribution < -0.4 is 10.6 Å². The lowest BCUT2D eigenvalue weighted by atomic mass is 10.1. The summed E-state index contributed by atoms with van der Waals surface area (Å²) >= 11 is 0. The van der Waals surface area contributed by atoms with Crippen LogP contribution in [0.3, 0.4) is 0 Å². The van der Waals surface area contributed by atoms with Crippen molar-refractivity contribution in [3.05, 3.63) is 0 Å². The number of rotatable bonds is 7. The highest BCUT2D eigenvalue weighted by atomic mass is 127. The summed E-state index contributed by atoms with van der Waals surface area (Å²) in [7, 11) is 3.56. The van der Waals surface area contributed by atoms with Gasteiger partial charge in [0.15, 0.2) is 5.96 Å². The first-order valence-corrected chi connectivity index (χ1v) is 9.82. The third-order valence-electron chi connectivity index (χ3n) is 4.30. The van der Waals surface area contributed by atoms with Crippen molar-refractivity contribution in [3.8, 4) is 0 Å². The van der Waals surface area contributed by atoms with E-state index in [2.05, 4.69) is 27.4 Å². The molecule has 1 fully saturated rings. The molecule has 0 bridgehead atoms. The monoisotopic (exact) mass is 497 g/mol. The second kappa shape index (κ2) is 13.4. The number of carbonyl (C=O) groups is 1. The average Bonchev–Trinajstić information content (AvgIpc) is 2.57. The normalized spacial score (nSPS) is 16.9. The van der Waals surface area contributed by atoms with E-state index < -0.39 is 5.60 Å². The van der Waals surface area contributed by atoms with Crippen molar-refractivity contribution in [2.24, 2.45) is 10.9 Å². The smallest absolute Gasteiger partial charge is 0.410 e. The van der Waals surface area contributed by atoms with Gasteiger partial charge in [-0.15, -0.1) is 24.0 Å². The molecule has 0 aromatic rings. The van der Waals surface area contributed by atoms with Crippen molar-refractivity contribution in [2.75, 3.05) is 53.4 Å². The summed E-state index contributed by atoms with van der Waals surface area (Å²) in [6.07, 6.45) is 3.71. The molecule has 1 aliphatic heterocycles. The maximum Gasteiger partial charge on any atom is 0.410 e. The van der Waals surface area contributed by atoms with Gasteiger partial charge in [0.1, 0.15) is 5.60 Å². The largest absolute Gasteiger partial charge is 0.444 e. The Hall–Kier alpha value is -0.770. The number of nitrogens with one attached hydrogen (secondary N) is 2. The lowest BCUT2D eigenvalue weighted by Crippen LogP contribution is -2.45. The van der Waals surface area contributed by atoms with Crippen LogP contribution in [0.2, 0.25) is 0 Å². The molecule has 27 heavy (non-hydrogen) atoms. The van der Waals surface area contributed by atoms with E-state index in [0.717, 1.165) is 25.6 Å². The molecular formula is C19H40IN5O2. The van der Waals surface area contributed by atoms with Gasteiger partial charge in [-0.25, -0.2) is 4.79 Å². The van der Waals surface area contributed by atoms with Gasteiger partial charge >= 0.3 is 6.09 Å². The lowest BCUT2D eigenvalue weighted by Gasteiger charge is -2.27. The van der Waals surface area contributed by atoms with Crippen molar-refractivity contribution in [1.29, 1.82) is 0 Å². The predicted octanol–water partition coefficient (Wildman–Crippen LogP) is 2.76. The standard InChI is InChI=1S/C19H39N5O2.HI/c1-16(15-23(6)18(25)26-19(2,3)4)14-22-17(20-5)21-10-13-24-11-8-7-9-12-24;/h16H,7-15H2,1-6H3,(H2,20,21,22);1H. The van der Waals surface area contributed by atoms with Gasteiger partial charge in [-0.1, -0.05) is 13.3 Å². The Kier molecular flexibility index (Phi) is 13.0. The molecule has 0 saturated carbocycles. The van der Waals surface area contributed by atoms with Crippen LogP contribution in [0.1, 0.15) is 47.0 Å². The van der Waals surface area contributed by atoms with Gasteiger partial charge in [-0.05, 0) is 52.6 Å². The maximum atomic E-state index is 12.0. The number of nitrogens with zero attached hydrogens (tertiary/aromatic N) is 3. The lowest BCUT2D eigenvalue weighted by molar-refractivity contribution is 0.0278. The number of hydrogen-bond donors (Lipinski definition) is 2. The van der Waals surface area contributed by atoms with Crippen molar-refractivity contribution in [1.82, 2.24) is 20.4 Å². The second-order valence-electron chi connectivity index (χ2n) is 8.25. The van der Waals surface area contributed by atoms with E-state index in [1.165, 1.54) is 32.4 Å². The van der Waals surface area contributed by atoms with Gasteiger partial charge in [0.05, 0.1) is 0 Å². The summed E-state index contributed by atoms with van der Waals surface area (Å²) < 4.78 is 5.38. The first-order chi connectivity index (χ1) is 12.2. The summed E-state index contributed by atoms with van der Waals surface area (Å²) in [6, 6.07) is 0. The highest BCUT2D eigenvalue weighted by molar-refractivity contribution is 14.0. The number of hydrogen-bond acceptors (Lipinski definition) is 4. The fourth-order valence-corrected chi connectivity index (χ4v) is 2.95. The Morgan fingerprint density at radius 1 is 1.22 bits per heavy atom. The number of piperidine rings is 1.